The molecule has 0 unspecified atom stereocenters. The van der Waals surface area contributed by atoms with Crippen molar-refractivity contribution in [1.82, 2.24) is 19.9 Å². The first-order valence-corrected chi connectivity index (χ1v) is 12.5. The summed E-state index contributed by atoms with van der Waals surface area (Å²) >= 11 is 1.49. The highest BCUT2D eigenvalue weighted by atomic mass is 32.1. The van der Waals surface area contributed by atoms with Crippen LogP contribution in [0, 0.1) is 5.92 Å². The quantitative estimate of drug-likeness (QED) is 0.379. The number of rotatable bonds is 7. The van der Waals surface area contributed by atoms with Gasteiger partial charge in [0.25, 0.3) is 0 Å². The van der Waals surface area contributed by atoms with Crippen LogP contribution in [0.3, 0.4) is 0 Å². The third kappa shape index (κ3) is 5.17. The van der Waals surface area contributed by atoms with Crippen molar-refractivity contribution < 1.29 is 9.90 Å². The molecule has 0 spiro atoms. The number of hydrogen-bond donors (Lipinski definition) is 1. The van der Waals surface area contributed by atoms with Crippen molar-refractivity contribution in [3.05, 3.63) is 71.3 Å². The third-order valence-corrected chi connectivity index (χ3v) is 7.12. The molecule has 1 fully saturated rings. The van der Waals surface area contributed by atoms with E-state index in [4.69, 9.17) is 4.98 Å². The highest BCUT2D eigenvalue weighted by Crippen LogP contribution is 2.28. The van der Waals surface area contributed by atoms with E-state index in [1.165, 1.54) is 16.2 Å². The largest absolute Gasteiger partial charge is 0.465 e. The number of thiazole rings is 1. The molecule has 1 N–H and O–H groups in total. The van der Waals surface area contributed by atoms with E-state index in [1.807, 2.05) is 23.7 Å². The molecule has 34 heavy (non-hydrogen) atoms. The second-order valence-corrected chi connectivity index (χ2v) is 9.41. The van der Waals surface area contributed by atoms with Crippen molar-refractivity contribution in [1.29, 1.82) is 0 Å². The molecule has 0 aliphatic carbocycles. The van der Waals surface area contributed by atoms with Gasteiger partial charge < -0.3 is 14.9 Å². The number of benzene rings is 1. The topological polar surface area (TPSA) is 82.5 Å². The summed E-state index contributed by atoms with van der Waals surface area (Å²) in [7, 11) is 0. The summed E-state index contributed by atoms with van der Waals surface area (Å²) in [6.07, 6.45) is 3.89. The molecule has 3 aromatic heterocycles. The maximum absolute atomic E-state index is 11.6. The predicted molar refractivity (Wildman–Crippen MR) is 135 cm³/mol. The monoisotopic (exact) mass is 473 g/mol. The number of aromatic nitrogens is 3. The summed E-state index contributed by atoms with van der Waals surface area (Å²) in [6, 6.07) is 16.5. The Bertz CT molecular complexity index is 1260. The van der Waals surface area contributed by atoms with E-state index in [2.05, 4.69) is 51.3 Å². The van der Waals surface area contributed by atoms with Crippen LogP contribution < -0.4 is 4.90 Å². The standard InChI is InChI=1S/C26H27N5O2S/c32-26(33)31(16-22-17-34-18-28-22)14-10-19-8-12-30(13-9-19)25-5-1-4-24(29-25)21-6-7-23-20(15-21)3-2-11-27-23/h1-7,11,15,17-19H,8-10,12-14,16H2,(H,32,33). The van der Waals surface area contributed by atoms with Crippen LogP contribution in [0.2, 0.25) is 0 Å². The minimum atomic E-state index is -0.879. The van der Waals surface area contributed by atoms with Crippen LogP contribution in [-0.4, -0.2) is 50.7 Å². The molecule has 1 saturated heterocycles. The van der Waals surface area contributed by atoms with Crippen LogP contribution >= 0.6 is 11.3 Å². The maximum atomic E-state index is 11.6. The summed E-state index contributed by atoms with van der Waals surface area (Å²) < 4.78 is 0. The van der Waals surface area contributed by atoms with Gasteiger partial charge in [0.05, 0.1) is 29.0 Å². The second kappa shape index (κ2) is 10.2. The Balaban J connectivity index is 1.19. The molecule has 174 valence electrons. The Labute approximate surface area is 202 Å². The number of nitrogens with zero attached hydrogens (tertiary/aromatic N) is 5. The van der Waals surface area contributed by atoms with Crippen LogP contribution in [0.1, 0.15) is 25.0 Å². The van der Waals surface area contributed by atoms with Crippen LogP contribution in [0.25, 0.3) is 22.2 Å². The van der Waals surface area contributed by atoms with Crippen molar-refractivity contribution in [2.24, 2.45) is 5.92 Å². The molecule has 4 aromatic rings. The van der Waals surface area contributed by atoms with Crippen molar-refractivity contribution in [3.63, 3.8) is 0 Å². The first-order chi connectivity index (χ1) is 16.7. The molecule has 0 bridgehead atoms. The van der Waals surface area contributed by atoms with E-state index in [0.29, 0.717) is 19.0 Å². The number of anilines is 1. The lowest BCUT2D eigenvalue weighted by atomic mass is 9.93. The fraction of sp³-hybridized carbons (Fsp3) is 0.308. The fourth-order valence-electron chi connectivity index (χ4n) is 4.54. The molecule has 0 saturated carbocycles. The lowest BCUT2D eigenvalue weighted by molar-refractivity contribution is 0.137. The summed E-state index contributed by atoms with van der Waals surface area (Å²) in [5.74, 6) is 1.52. The first kappa shape index (κ1) is 22.3. The lowest BCUT2D eigenvalue weighted by Gasteiger charge is -2.33. The number of carboxylic acid groups (broad SMARTS) is 1. The van der Waals surface area contributed by atoms with Gasteiger partial charge in [0.2, 0.25) is 0 Å². The number of amides is 1. The van der Waals surface area contributed by atoms with Crippen LogP contribution in [0.15, 0.2) is 65.6 Å². The number of piperidine rings is 1. The zero-order valence-electron chi connectivity index (χ0n) is 18.9. The Morgan fingerprint density at radius 3 is 2.79 bits per heavy atom. The molecule has 4 heterocycles. The minimum absolute atomic E-state index is 0.360. The molecule has 7 nitrogen and oxygen atoms in total. The van der Waals surface area contributed by atoms with Gasteiger partial charge in [0.15, 0.2) is 0 Å². The zero-order valence-corrected chi connectivity index (χ0v) is 19.7. The van der Waals surface area contributed by atoms with Gasteiger partial charge in [-0.15, -0.1) is 11.3 Å². The van der Waals surface area contributed by atoms with Gasteiger partial charge in [-0.2, -0.15) is 0 Å². The highest BCUT2D eigenvalue weighted by molar-refractivity contribution is 7.07. The van der Waals surface area contributed by atoms with Gasteiger partial charge in [0.1, 0.15) is 5.82 Å². The molecule has 0 atom stereocenters. The smallest absolute Gasteiger partial charge is 0.407 e. The van der Waals surface area contributed by atoms with E-state index in [-0.39, 0.29) is 0 Å². The number of hydrogen-bond acceptors (Lipinski definition) is 6. The molecular weight excluding hydrogens is 446 g/mol. The molecule has 5 rings (SSSR count). The summed E-state index contributed by atoms with van der Waals surface area (Å²) in [5, 5.41) is 12.6. The van der Waals surface area contributed by atoms with E-state index >= 15 is 0 Å². The predicted octanol–water partition coefficient (Wildman–Crippen LogP) is 5.54. The van der Waals surface area contributed by atoms with Gasteiger partial charge in [-0.3, -0.25) is 4.98 Å². The Kier molecular flexibility index (Phi) is 6.67. The average Bonchev–Trinajstić information content (AvgIpc) is 3.40. The SMILES string of the molecule is O=C(O)N(CCC1CCN(c2cccc(-c3ccc4ncccc4c3)n2)CC1)Cc1cscn1. The Hall–Kier alpha value is -3.52. The summed E-state index contributed by atoms with van der Waals surface area (Å²) in [4.78, 5) is 29.0. The normalized spacial score (nSPS) is 14.4. The van der Waals surface area contributed by atoms with Crippen molar-refractivity contribution in [2.45, 2.75) is 25.8 Å². The number of carbonyl (C=O) groups is 1. The van der Waals surface area contributed by atoms with Gasteiger partial charge in [-0.1, -0.05) is 18.2 Å². The molecule has 1 aliphatic rings. The van der Waals surface area contributed by atoms with Gasteiger partial charge >= 0.3 is 6.09 Å². The molecule has 1 aromatic carbocycles. The molecule has 0 radical (unpaired) electrons. The van der Waals surface area contributed by atoms with Crippen LogP contribution in [0.5, 0.6) is 0 Å². The lowest BCUT2D eigenvalue weighted by Crippen LogP contribution is -2.36. The maximum Gasteiger partial charge on any atom is 0.407 e. The van der Waals surface area contributed by atoms with Gasteiger partial charge in [-0.05, 0) is 55.5 Å². The van der Waals surface area contributed by atoms with E-state index in [9.17, 15) is 9.90 Å². The Morgan fingerprint density at radius 2 is 2.00 bits per heavy atom. The van der Waals surface area contributed by atoms with E-state index in [0.717, 1.165) is 66.0 Å². The average molecular weight is 474 g/mol. The number of fused-ring (bicyclic) bond motifs is 1. The molecule has 1 aliphatic heterocycles. The van der Waals surface area contributed by atoms with Crippen LogP contribution in [-0.2, 0) is 6.54 Å². The zero-order chi connectivity index (χ0) is 23.3. The van der Waals surface area contributed by atoms with Gasteiger partial charge in [-0.25, -0.2) is 14.8 Å². The third-order valence-electron chi connectivity index (χ3n) is 6.49. The van der Waals surface area contributed by atoms with Crippen LogP contribution in [0.4, 0.5) is 10.6 Å². The van der Waals surface area contributed by atoms with Gasteiger partial charge in [0, 0.05) is 42.2 Å². The first-order valence-electron chi connectivity index (χ1n) is 11.6. The molecular formula is C26H27N5O2S. The summed E-state index contributed by atoms with van der Waals surface area (Å²) in [5.41, 5.74) is 5.59. The van der Waals surface area contributed by atoms with E-state index in [1.54, 1.807) is 5.51 Å². The minimum Gasteiger partial charge on any atom is -0.465 e. The van der Waals surface area contributed by atoms with Crippen molar-refractivity contribution >= 4 is 34.2 Å². The molecule has 1 amide bonds. The van der Waals surface area contributed by atoms with Crippen molar-refractivity contribution in [2.75, 3.05) is 24.5 Å². The highest BCUT2D eigenvalue weighted by Gasteiger charge is 2.22. The van der Waals surface area contributed by atoms with E-state index < -0.39 is 6.09 Å². The second-order valence-electron chi connectivity index (χ2n) is 8.69. The van der Waals surface area contributed by atoms with Crippen molar-refractivity contribution in [3.8, 4) is 11.3 Å². The fourth-order valence-corrected chi connectivity index (χ4v) is 5.09. The summed E-state index contributed by atoms with van der Waals surface area (Å²) in [6.45, 7) is 2.77. The molecule has 8 heteroatoms. The number of pyridine rings is 2. The Morgan fingerprint density at radius 1 is 1.12 bits per heavy atom.